The molecule has 0 atom stereocenters. The zero-order chi connectivity index (χ0) is 8.81. The van der Waals surface area contributed by atoms with E-state index in [9.17, 15) is 0 Å². The Morgan fingerprint density at radius 2 is 2.00 bits per heavy atom. The van der Waals surface area contributed by atoms with Crippen LogP contribution in [0.15, 0.2) is 24.3 Å². The molecule has 2 nitrogen and oxygen atoms in total. The minimum atomic E-state index is 0.780. The summed E-state index contributed by atoms with van der Waals surface area (Å²) in [5.41, 5.74) is 13.2. The summed E-state index contributed by atoms with van der Waals surface area (Å²) in [5.74, 6) is 0. The second-order valence-corrected chi connectivity index (χ2v) is 2.99. The van der Waals surface area contributed by atoms with E-state index in [4.69, 9.17) is 11.5 Å². The number of anilines is 1. The van der Waals surface area contributed by atoms with Gasteiger partial charge < -0.3 is 11.5 Å². The Labute approximate surface area is 73.6 Å². The molecule has 0 aliphatic carbocycles. The Morgan fingerprint density at radius 3 is 2.67 bits per heavy atom. The van der Waals surface area contributed by atoms with Crippen LogP contribution in [0.3, 0.4) is 0 Å². The van der Waals surface area contributed by atoms with E-state index in [0.717, 1.165) is 31.5 Å². The highest BCUT2D eigenvalue weighted by molar-refractivity contribution is 5.40. The average molecular weight is 164 g/mol. The summed E-state index contributed by atoms with van der Waals surface area (Å²) in [6, 6.07) is 8.03. The molecule has 0 aromatic heterocycles. The van der Waals surface area contributed by atoms with E-state index in [0.29, 0.717) is 0 Å². The van der Waals surface area contributed by atoms with Crippen LogP contribution in [0.2, 0.25) is 0 Å². The number of aryl methyl sites for hydroxylation is 1. The monoisotopic (exact) mass is 164 g/mol. The van der Waals surface area contributed by atoms with E-state index in [1.165, 1.54) is 5.56 Å². The lowest BCUT2D eigenvalue weighted by Gasteiger charge is -2.00. The summed E-state index contributed by atoms with van der Waals surface area (Å²) in [6.07, 6.45) is 3.33. The quantitative estimate of drug-likeness (QED) is 0.524. The van der Waals surface area contributed by atoms with Gasteiger partial charge in [0.05, 0.1) is 0 Å². The van der Waals surface area contributed by atoms with Gasteiger partial charge in [-0.1, -0.05) is 12.1 Å². The maximum Gasteiger partial charge on any atom is 0.0316 e. The Morgan fingerprint density at radius 1 is 1.17 bits per heavy atom. The fourth-order valence-corrected chi connectivity index (χ4v) is 1.22. The van der Waals surface area contributed by atoms with Crippen LogP contribution in [0.4, 0.5) is 5.69 Å². The third-order valence-electron chi connectivity index (χ3n) is 1.87. The highest BCUT2D eigenvalue weighted by Crippen LogP contribution is 2.09. The molecule has 66 valence electrons. The number of hydrogen-bond acceptors (Lipinski definition) is 2. The van der Waals surface area contributed by atoms with Crippen LogP contribution in [0.25, 0.3) is 0 Å². The van der Waals surface area contributed by atoms with E-state index in [2.05, 4.69) is 6.07 Å². The van der Waals surface area contributed by atoms with Gasteiger partial charge in [0.25, 0.3) is 0 Å². The van der Waals surface area contributed by atoms with Crippen molar-refractivity contribution in [2.45, 2.75) is 19.3 Å². The molecule has 0 saturated heterocycles. The predicted octanol–water partition coefficient (Wildman–Crippen LogP) is 1.55. The molecule has 12 heavy (non-hydrogen) atoms. The van der Waals surface area contributed by atoms with Crippen LogP contribution < -0.4 is 11.5 Å². The molecule has 1 aromatic carbocycles. The molecular formula is C10H16N2. The van der Waals surface area contributed by atoms with E-state index in [1.807, 2.05) is 18.2 Å². The Balaban J connectivity index is 2.41. The van der Waals surface area contributed by atoms with Crippen molar-refractivity contribution < 1.29 is 0 Å². The topological polar surface area (TPSA) is 52.0 Å². The predicted molar refractivity (Wildman–Crippen MR) is 52.8 cm³/mol. The van der Waals surface area contributed by atoms with Gasteiger partial charge in [0.1, 0.15) is 0 Å². The van der Waals surface area contributed by atoms with E-state index in [1.54, 1.807) is 0 Å². The maximum atomic E-state index is 5.64. The lowest BCUT2D eigenvalue weighted by Crippen LogP contribution is -1.99. The third kappa shape index (κ3) is 2.93. The maximum absolute atomic E-state index is 5.64. The molecule has 0 heterocycles. The van der Waals surface area contributed by atoms with Crippen LogP contribution in [0.1, 0.15) is 18.4 Å². The Bertz CT molecular complexity index is 233. The molecule has 1 rings (SSSR count). The summed E-state index contributed by atoms with van der Waals surface area (Å²) in [4.78, 5) is 0. The average Bonchev–Trinajstić information content (AvgIpc) is 2.05. The fraction of sp³-hybridized carbons (Fsp3) is 0.400. The zero-order valence-electron chi connectivity index (χ0n) is 7.29. The second-order valence-electron chi connectivity index (χ2n) is 2.99. The first kappa shape index (κ1) is 9.07. The minimum absolute atomic E-state index is 0.780. The van der Waals surface area contributed by atoms with E-state index < -0.39 is 0 Å². The molecule has 1 aromatic rings. The highest BCUT2D eigenvalue weighted by Gasteiger charge is 1.92. The molecular weight excluding hydrogens is 148 g/mol. The molecule has 0 amide bonds. The van der Waals surface area contributed by atoms with Crippen molar-refractivity contribution in [1.29, 1.82) is 0 Å². The molecule has 0 saturated carbocycles. The first-order chi connectivity index (χ1) is 5.83. The van der Waals surface area contributed by atoms with E-state index >= 15 is 0 Å². The third-order valence-corrected chi connectivity index (χ3v) is 1.87. The van der Waals surface area contributed by atoms with Gasteiger partial charge in [0, 0.05) is 5.69 Å². The molecule has 0 unspecified atom stereocenters. The molecule has 4 N–H and O–H groups in total. The molecule has 0 bridgehead atoms. The lowest BCUT2D eigenvalue weighted by molar-refractivity contribution is 0.745. The minimum Gasteiger partial charge on any atom is -0.399 e. The van der Waals surface area contributed by atoms with Gasteiger partial charge in [-0.2, -0.15) is 0 Å². The zero-order valence-corrected chi connectivity index (χ0v) is 7.29. The van der Waals surface area contributed by atoms with Crippen molar-refractivity contribution in [2.24, 2.45) is 5.73 Å². The van der Waals surface area contributed by atoms with Crippen molar-refractivity contribution >= 4 is 5.69 Å². The van der Waals surface area contributed by atoms with Crippen molar-refractivity contribution in [3.05, 3.63) is 29.8 Å². The summed E-state index contributed by atoms with van der Waals surface area (Å²) >= 11 is 0. The van der Waals surface area contributed by atoms with Crippen LogP contribution in [-0.2, 0) is 6.42 Å². The number of nitrogens with two attached hydrogens (primary N) is 2. The fourth-order valence-electron chi connectivity index (χ4n) is 1.22. The smallest absolute Gasteiger partial charge is 0.0316 e. The van der Waals surface area contributed by atoms with Crippen molar-refractivity contribution in [2.75, 3.05) is 12.3 Å². The van der Waals surface area contributed by atoms with Crippen molar-refractivity contribution in [3.8, 4) is 0 Å². The number of benzene rings is 1. The van der Waals surface area contributed by atoms with Gasteiger partial charge in [0.2, 0.25) is 0 Å². The van der Waals surface area contributed by atoms with Crippen LogP contribution in [0.5, 0.6) is 0 Å². The van der Waals surface area contributed by atoms with E-state index in [-0.39, 0.29) is 0 Å². The summed E-state index contributed by atoms with van der Waals surface area (Å²) in [5, 5.41) is 0. The Hall–Kier alpha value is -1.02. The Kier molecular flexibility index (Phi) is 3.61. The molecule has 0 aliphatic heterocycles. The second kappa shape index (κ2) is 4.78. The lowest BCUT2D eigenvalue weighted by atomic mass is 10.1. The molecule has 0 spiro atoms. The van der Waals surface area contributed by atoms with Crippen LogP contribution in [-0.4, -0.2) is 6.54 Å². The number of hydrogen-bond donors (Lipinski definition) is 2. The van der Waals surface area contributed by atoms with Gasteiger partial charge in [-0.25, -0.2) is 0 Å². The molecule has 0 radical (unpaired) electrons. The molecule has 2 heteroatoms. The van der Waals surface area contributed by atoms with Gasteiger partial charge in [-0.05, 0) is 43.5 Å². The number of rotatable bonds is 4. The van der Waals surface area contributed by atoms with Crippen molar-refractivity contribution in [1.82, 2.24) is 0 Å². The van der Waals surface area contributed by atoms with Gasteiger partial charge in [0.15, 0.2) is 0 Å². The van der Waals surface area contributed by atoms with Crippen molar-refractivity contribution in [3.63, 3.8) is 0 Å². The van der Waals surface area contributed by atoms with Gasteiger partial charge in [-0.15, -0.1) is 0 Å². The molecule has 0 aliphatic rings. The first-order valence-electron chi connectivity index (χ1n) is 4.37. The number of unbranched alkanes of at least 4 members (excludes halogenated alkanes) is 1. The standard InChI is InChI=1S/C10H16N2/c11-7-2-1-4-9-5-3-6-10(12)8-9/h3,5-6,8H,1-2,4,7,11-12H2. The summed E-state index contributed by atoms with van der Waals surface area (Å²) < 4.78 is 0. The number of nitrogen functional groups attached to an aromatic ring is 1. The van der Waals surface area contributed by atoms with Crippen LogP contribution in [0, 0.1) is 0 Å². The van der Waals surface area contributed by atoms with Gasteiger partial charge >= 0.3 is 0 Å². The summed E-state index contributed by atoms with van der Waals surface area (Å²) in [6.45, 7) is 0.780. The SMILES string of the molecule is NCCCCc1cccc(N)c1. The van der Waals surface area contributed by atoms with Gasteiger partial charge in [-0.3, -0.25) is 0 Å². The first-order valence-corrected chi connectivity index (χ1v) is 4.37. The summed E-state index contributed by atoms with van der Waals surface area (Å²) in [7, 11) is 0. The van der Waals surface area contributed by atoms with Crippen LogP contribution >= 0.6 is 0 Å². The normalized spacial score (nSPS) is 10.1. The highest BCUT2D eigenvalue weighted by atomic mass is 14.5. The molecule has 0 fully saturated rings. The largest absolute Gasteiger partial charge is 0.399 e.